The molecule has 2 nitrogen and oxygen atoms in total. The molecule has 0 N–H and O–H groups in total. The van der Waals surface area contributed by atoms with Crippen LogP contribution in [-0.4, -0.2) is 15.8 Å². The van der Waals surface area contributed by atoms with Crippen LogP contribution >= 0.6 is 23.2 Å². The van der Waals surface area contributed by atoms with Gasteiger partial charge in [-0.1, -0.05) is 23.2 Å². The van der Waals surface area contributed by atoms with Crippen LogP contribution in [0.5, 0.6) is 0 Å². The zero-order chi connectivity index (χ0) is 9.14. The fourth-order valence-corrected chi connectivity index (χ4v) is 1.48. The minimum absolute atomic E-state index is 0.407. The van der Waals surface area contributed by atoms with Gasteiger partial charge in [0.1, 0.15) is 5.15 Å². The Morgan fingerprint density at radius 1 is 1.58 bits per heavy atom. The van der Waals surface area contributed by atoms with Crippen LogP contribution in [0.15, 0.2) is 18.3 Å². The average molecular weight is 224 g/mol. The summed E-state index contributed by atoms with van der Waals surface area (Å²) in [6.07, 6.45) is 3.08. The lowest BCUT2D eigenvalue weighted by molar-refractivity contribution is 0.598. The first kappa shape index (κ1) is 10.1. The summed E-state index contributed by atoms with van der Waals surface area (Å²) in [5.74, 6) is 0. The van der Waals surface area contributed by atoms with Crippen LogP contribution in [0.1, 0.15) is 10.3 Å². The molecule has 0 saturated heterocycles. The molecule has 5 heteroatoms. The zero-order valence-electron chi connectivity index (χ0n) is 6.33. The molecule has 1 unspecified atom stereocenters. The topological polar surface area (TPSA) is 36.0 Å². The third-order valence-corrected chi connectivity index (χ3v) is 3.39. The molecule has 1 aromatic heterocycles. The second-order valence-electron chi connectivity index (χ2n) is 2.23. The quantitative estimate of drug-likeness (QED) is 0.439. The van der Waals surface area contributed by atoms with Gasteiger partial charge in [0.15, 0.2) is 0 Å². The van der Waals surface area contributed by atoms with Crippen molar-refractivity contribution in [3.8, 4) is 0 Å². The SMILES string of the molecule is C[S+]([O-])[C@H](Cl)c1ccc(Cl)nc1. The van der Waals surface area contributed by atoms with Crippen molar-refractivity contribution in [3.63, 3.8) is 0 Å². The van der Waals surface area contributed by atoms with E-state index in [9.17, 15) is 4.55 Å². The van der Waals surface area contributed by atoms with E-state index in [1.807, 2.05) is 0 Å². The normalized spacial score (nSPS) is 15.7. The minimum Gasteiger partial charge on any atom is -0.615 e. The summed E-state index contributed by atoms with van der Waals surface area (Å²) in [6.45, 7) is 0. The highest BCUT2D eigenvalue weighted by atomic mass is 35.5. The molecule has 0 amide bonds. The number of rotatable bonds is 2. The third-order valence-electron chi connectivity index (χ3n) is 1.30. The summed E-state index contributed by atoms with van der Waals surface area (Å²) < 4.78 is 10.4. The van der Waals surface area contributed by atoms with E-state index in [1.165, 1.54) is 6.20 Å². The predicted molar refractivity (Wildman–Crippen MR) is 51.9 cm³/mol. The molecule has 1 heterocycles. The van der Waals surface area contributed by atoms with Gasteiger partial charge in [0, 0.05) is 11.8 Å². The van der Waals surface area contributed by atoms with Crippen LogP contribution in [-0.2, 0) is 11.2 Å². The lowest BCUT2D eigenvalue weighted by Crippen LogP contribution is -2.05. The van der Waals surface area contributed by atoms with Crippen molar-refractivity contribution < 1.29 is 4.55 Å². The Morgan fingerprint density at radius 3 is 2.67 bits per heavy atom. The van der Waals surface area contributed by atoms with Gasteiger partial charge in [0.2, 0.25) is 4.71 Å². The second-order valence-corrected chi connectivity index (χ2v) is 4.78. The number of halogens is 2. The van der Waals surface area contributed by atoms with Gasteiger partial charge < -0.3 is 4.55 Å². The Balaban J connectivity index is 2.82. The highest BCUT2D eigenvalue weighted by molar-refractivity contribution is 7.92. The van der Waals surface area contributed by atoms with Crippen molar-refractivity contribution in [1.29, 1.82) is 0 Å². The lowest BCUT2D eigenvalue weighted by atomic mass is 10.3. The van der Waals surface area contributed by atoms with Gasteiger partial charge in [-0.05, 0) is 23.3 Å². The lowest BCUT2D eigenvalue weighted by Gasteiger charge is -2.11. The van der Waals surface area contributed by atoms with Gasteiger partial charge in [0.25, 0.3) is 0 Å². The molecule has 0 aliphatic rings. The van der Waals surface area contributed by atoms with Crippen molar-refractivity contribution in [2.75, 3.05) is 6.26 Å². The fourth-order valence-electron chi connectivity index (χ4n) is 0.713. The third kappa shape index (κ3) is 2.52. The van der Waals surface area contributed by atoms with E-state index in [4.69, 9.17) is 23.2 Å². The molecule has 12 heavy (non-hydrogen) atoms. The number of alkyl halides is 1. The molecule has 1 rings (SSSR count). The van der Waals surface area contributed by atoms with Crippen LogP contribution in [0.2, 0.25) is 5.15 Å². The van der Waals surface area contributed by atoms with Crippen LogP contribution in [0.3, 0.4) is 0 Å². The molecule has 0 aliphatic heterocycles. The van der Waals surface area contributed by atoms with Gasteiger partial charge in [-0.15, -0.1) is 0 Å². The number of aromatic nitrogens is 1. The van der Waals surface area contributed by atoms with Crippen molar-refractivity contribution in [1.82, 2.24) is 4.98 Å². The van der Waals surface area contributed by atoms with Gasteiger partial charge >= 0.3 is 0 Å². The van der Waals surface area contributed by atoms with Gasteiger partial charge in [-0.3, -0.25) is 0 Å². The highest BCUT2D eigenvalue weighted by Gasteiger charge is 2.16. The highest BCUT2D eigenvalue weighted by Crippen LogP contribution is 2.25. The molecule has 66 valence electrons. The maximum atomic E-state index is 10.9. The molecule has 0 aliphatic carbocycles. The molecule has 0 radical (unpaired) electrons. The van der Waals surface area contributed by atoms with Crippen molar-refractivity contribution in [2.24, 2.45) is 0 Å². The number of pyridine rings is 1. The van der Waals surface area contributed by atoms with Crippen molar-refractivity contribution in [2.45, 2.75) is 4.71 Å². The average Bonchev–Trinajstić information content (AvgIpc) is 2.04. The van der Waals surface area contributed by atoms with Crippen LogP contribution in [0.25, 0.3) is 0 Å². The Morgan fingerprint density at radius 2 is 2.25 bits per heavy atom. The van der Waals surface area contributed by atoms with E-state index in [1.54, 1.807) is 18.4 Å². The Hall–Kier alpha value is 0.0400. The standard InChI is InChI=1S/C7H7Cl2NOS/c1-12(11)7(9)5-2-3-6(8)10-4-5/h2-4,7H,1H3/t7-,12?/m0/s1. The summed E-state index contributed by atoms with van der Waals surface area (Å²) in [6, 6.07) is 3.34. The Labute approximate surface area is 84.1 Å². The van der Waals surface area contributed by atoms with E-state index >= 15 is 0 Å². The summed E-state index contributed by atoms with van der Waals surface area (Å²) in [4.78, 5) is 3.83. The van der Waals surface area contributed by atoms with Crippen LogP contribution < -0.4 is 0 Å². The maximum absolute atomic E-state index is 10.9. The molecule has 1 aromatic rings. The fraction of sp³-hybridized carbons (Fsp3) is 0.286. The number of hydrogen-bond acceptors (Lipinski definition) is 2. The van der Waals surface area contributed by atoms with Crippen molar-refractivity contribution in [3.05, 3.63) is 29.0 Å². The van der Waals surface area contributed by atoms with Crippen LogP contribution in [0, 0.1) is 0 Å². The minimum atomic E-state index is -1.09. The molecule has 0 saturated carbocycles. The van der Waals surface area contributed by atoms with E-state index in [2.05, 4.69) is 4.98 Å². The largest absolute Gasteiger partial charge is 0.615 e. The molecule has 0 bridgehead atoms. The monoisotopic (exact) mass is 223 g/mol. The predicted octanol–water partition coefficient (Wildman–Crippen LogP) is 2.35. The summed E-state index contributed by atoms with van der Waals surface area (Å²) >= 11 is 10.3. The van der Waals surface area contributed by atoms with E-state index in [-0.39, 0.29) is 0 Å². The van der Waals surface area contributed by atoms with E-state index in [0.29, 0.717) is 5.15 Å². The first-order chi connectivity index (χ1) is 5.61. The van der Waals surface area contributed by atoms with Crippen LogP contribution in [0.4, 0.5) is 0 Å². The van der Waals surface area contributed by atoms with Gasteiger partial charge in [-0.25, -0.2) is 4.98 Å². The number of nitrogens with zero attached hydrogens (tertiary/aromatic N) is 1. The smallest absolute Gasteiger partial charge is 0.215 e. The van der Waals surface area contributed by atoms with E-state index < -0.39 is 15.9 Å². The van der Waals surface area contributed by atoms with Gasteiger partial charge in [-0.2, -0.15) is 0 Å². The molecule has 0 fully saturated rings. The summed E-state index contributed by atoms with van der Waals surface area (Å²) in [5.41, 5.74) is 0.724. The second kappa shape index (κ2) is 4.33. The summed E-state index contributed by atoms with van der Waals surface area (Å²) in [7, 11) is 0. The van der Waals surface area contributed by atoms with Crippen molar-refractivity contribution >= 4 is 34.4 Å². The Bertz CT molecular complexity index is 252. The molecule has 0 aromatic carbocycles. The zero-order valence-corrected chi connectivity index (χ0v) is 8.66. The molecule has 0 spiro atoms. The maximum Gasteiger partial charge on any atom is 0.215 e. The molecular weight excluding hydrogens is 217 g/mol. The summed E-state index contributed by atoms with van der Waals surface area (Å²) in [5, 5.41) is 0.407. The molecule has 2 atom stereocenters. The van der Waals surface area contributed by atoms with Gasteiger partial charge in [0.05, 0.1) is 6.26 Å². The first-order valence-electron chi connectivity index (χ1n) is 3.19. The van der Waals surface area contributed by atoms with E-state index in [0.717, 1.165) is 5.56 Å². The Kier molecular flexibility index (Phi) is 3.65. The first-order valence-corrected chi connectivity index (χ1v) is 5.62. The number of hydrogen-bond donors (Lipinski definition) is 0. The molecular formula is C7H7Cl2NOS.